The second kappa shape index (κ2) is 12.8. The van der Waals surface area contributed by atoms with Crippen molar-refractivity contribution in [3.63, 3.8) is 0 Å². The Morgan fingerprint density at radius 3 is 2.43 bits per heavy atom. The molecule has 1 atom stereocenters. The average Bonchev–Trinajstić information content (AvgIpc) is 3.49. The van der Waals surface area contributed by atoms with Crippen LogP contribution in [-0.4, -0.2) is 74.0 Å². The number of ether oxygens (including phenoxy) is 1. The molecular weight excluding hydrogens is 623 g/mol. The van der Waals surface area contributed by atoms with Gasteiger partial charge in [0.2, 0.25) is 15.9 Å². The van der Waals surface area contributed by atoms with E-state index in [0.717, 1.165) is 46.3 Å². The Morgan fingerprint density at radius 1 is 1.13 bits per heavy atom. The molecule has 2 aromatic carbocycles. The zero-order valence-electron chi connectivity index (χ0n) is 26.1. The van der Waals surface area contributed by atoms with Gasteiger partial charge in [0.15, 0.2) is 0 Å². The molecule has 3 aliphatic heterocycles. The quantitative estimate of drug-likeness (QED) is 0.411. The van der Waals surface area contributed by atoms with Crippen LogP contribution in [0, 0.1) is 13.8 Å². The number of halogens is 3. The van der Waals surface area contributed by atoms with Crippen molar-refractivity contribution in [2.75, 3.05) is 24.5 Å². The molecule has 0 unspecified atom stereocenters. The number of sulfonamides is 1. The van der Waals surface area contributed by atoms with Crippen molar-refractivity contribution in [1.82, 2.24) is 14.9 Å². The molecular formula is C32H38F3N5O5S. The lowest BCUT2D eigenvalue weighted by atomic mass is 9.89. The van der Waals surface area contributed by atoms with Crippen molar-refractivity contribution in [3.8, 4) is 5.75 Å². The number of nitrogens with zero attached hydrogens (tertiary/aromatic N) is 3. The number of amidine groups is 1. The van der Waals surface area contributed by atoms with Crippen LogP contribution in [0.25, 0.3) is 6.08 Å². The van der Waals surface area contributed by atoms with Crippen LogP contribution < -0.4 is 20.3 Å². The normalized spacial score (nSPS) is 20.7. The molecule has 2 amide bonds. The number of carbonyl (C=O) groups excluding carboxylic acids is 2. The van der Waals surface area contributed by atoms with Crippen molar-refractivity contribution < 1.29 is 35.9 Å². The van der Waals surface area contributed by atoms with Crippen molar-refractivity contribution in [3.05, 3.63) is 64.1 Å². The molecule has 248 valence electrons. The summed E-state index contributed by atoms with van der Waals surface area (Å²) in [7, 11) is -3.85. The molecule has 5 rings (SSSR count). The Morgan fingerprint density at radius 2 is 1.80 bits per heavy atom. The lowest BCUT2D eigenvalue weighted by molar-refractivity contribution is -0.274. The van der Waals surface area contributed by atoms with Gasteiger partial charge in [0, 0.05) is 54.8 Å². The predicted molar refractivity (Wildman–Crippen MR) is 169 cm³/mol. The van der Waals surface area contributed by atoms with Crippen LogP contribution in [0.3, 0.4) is 0 Å². The monoisotopic (exact) mass is 661 g/mol. The largest absolute Gasteiger partial charge is 0.573 e. The number of alkyl halides is 3. The van der Waals surface area contributed by atoms with Crippen LogP contribution in [0.1, 0.15) is 61.8 Å². The highest BCUT2D eigenvalue weighted by Gasteiger charge is 2.47. The van der Waals surface area contributed by atoms with Crippen molar-refractivity contribution in [1.29, 1.82) is 0 Å². The number of hydrogen-bond donors (Lipinski definition) is 2. The first kappa shape index (κ1) is 33.6. The van der Waals surface area contributed by atoms with E-state index < -0.39 is 33.6 Å². The molecule has 14 heteroatoms. The summed E-state index contributed by atoms with van der Waals surface area (Å²) in [5.74, 6) is -0.688. The number of hydrogen-bond acceptors (Lipinski definition) is 7. The van der Waals surface area contributed by atoms with Crippen LogP contribution in [0.2, 0.25) is 0 Å². The van der Waals surface area contributed by atoms with Crippen molar-refractivity contribution in [2.45, 2.75) is 77.4 Å². The van der Waals surface area contributed by atoms with E-state index in [-0.39, 0.29) is 49.3 Å². The first-order valence-corrected chi connectivity index (χ1v) is 16.7. The second-order valence-corrected chi connectivity index (χ2v) is 14.1. The van der Waals surface area contributed by atoms with Gasteiger partial charge >= 0.3 is 6.36 Å². The molecule has 0 aliphatic carbocycles. The number of benzene rings is 2. The maximum atomic E-state index is 13.3. The number of aryl methyl sites for hydroxylation is 2. The fourth-order valence-corrected chi connectivity index (χ4v) is 7.37. The summed E-state index contributed by atoms with van der Waals surface area (Å²) in [5.41, 5.74) is 2.24. The van der Waals surface area contributed by atoms with Gasteiger partial charge in [0.1, 0.15) is 17.1 Å². The summed E-state index contributed by atoms with van der Waals surface area (Å²) in [6.07, 6.45) is -1.83. The molecule has 10 nitrogen and oxygen atoms in total. The molecule has 2 N–H and O–H groups in total. The Bertz CT molecular complexity index is 1660. The molecule has 2 fully saturated rings. The molecule has 46 heavy (non-hydrogen) atoms. The molecule has 0 bridgehead atoms. The summed E-state index contributed by atoms with van der Waals surface area (Å²) < 4.78 is 69.9. The first-order chi connectivity index (χ1) is 21.6. The molecule has 0 aromatic heterocycles. The number of aliphatic imine (C=N–C) groups is 1. The van der Waals surface area contributed by atoms with E-state index in [2.05, 4.69) is 34.2 Å². The Kier molecular flexibility index (Phi) is 9.35. The number of amides is 2. The van der Waals surface area contributed by atoms with Gasteiger partial charge in [-0.2, -0.15) is 4.31 Å². The van der Waals surface area contributed by atoms with Crippen LogP contribution >= 0.6 is 0 Å². The summed E-state index contributed by atoms with van der Waals surface area (Å²) in [6, 6.07) is 9.33. The highest BCUT2D eigenvalue weighted by Crippen LogP contribution is 2.34. The topological polar surface area (TPSA) is 120 Å². The fraction of sp³-hybridized carbons (Fsp3) is 0.469. The van der Waals surface area contributed by atoms with E-state index in [1.165, 1.54) is 16.4 Å². The second-order valence-electron chi connectivity index (χ2n) is 12.3. The van der Waals surface area contributed by atoms with Gasteiger partial charge < -0.3 is 20.3 Å². The molecule has 2 aromatic rings. The summed E-state index contributed by atoms with van der Waals surface area (Å²) in [4.78, 5) is 32.1. The maximum absolute atomic E-state index is 13.3. The van der Waals surface area contributed by atoms with Crippen LogP contribution in [0.15, 0.2) is 46.8 Å². The van der Waals surface area contributed by atoms with Gasteiger partial charge in [-0.15, -0.1) is 13.2 Å². The SMILES string of the molecule is Cc1cc(N2C(=O)CC[C@@H]2CNC(C)C)cc(C)c1/C=C/S(=O)(=O)N1CCC2(CC1)N=C(c1cccc(OC(F)(F)F)c1)NC2=O. The van der Waals surface area contributed by atoms with Gasteiger partial charge in [-0.3, -0.25) is 14.6 Å². The zero-order valence-corrected chi connectivity index (χ0v) is 27.0. The zero-order chi connectivity index (χ0) is 33.4. The van der Waals surface area contributed by atoms with Gasteiger partial charge in [-0.25, -0.2) is 8.42 Å². The van der Waals surface area contributed by atoms with E-state index in [1.807, 2.05) is 30.9 Å². The average molecular weight is 662 g/mol. The standard InChI is InChI=1S/C32H38F3N5O5S/c1-20(2)36-19-24-8-9-28(41)40(24)25-16-21(3)27(22(4)17-25)10-15-46(43,44)39-13-11-31(12-14-39)30(42)37-29(38-31)23-6-5-7-26(18-23)45-32(33,34)35/h5-7,10,15-18,20,24,36H,8-9,11-14,19H2,1-4H3,(H,37,38,42)/b15-10+/t24-/m1/s1. The van der Waals surface area contributed by atoms with Gasteiger partial charge in [-0.1, -0.05) is 26.0 Å². The Balaban J connectivity index is 1.27. The highest BCUT2D eigenvalue weighted by molar-refractivity contribution is 7.92. The number of nitrogens with one attached hydrogen (secondary N) is 2. The highest BCUT2D eigenvalue weighted by atomic mass is 32.2. The van der Waals surface area contributed by atoms with E-state index in [9.17, 15) is 31.2 Å². The number of piperidine rings is 1. The molecule has 0 saturated carbocycles. The Hall–Kier alpha value is -3.75. The molecule has 2 saturated heterocycles. The molecule has 1 spiro atoms. The van der Waals surface area contributed by atoms with Gasteiger partial charge in [-0.05, 0) is 80.1 Å². The third-order valence-corrected chi connectivity index (χ3v) is 10.1. The summed E-state index contributed by atoms with van der Waals surface area (Å²) in [5, 5.41) is 7.21. The minimum absolute atomic E-state index is 0.0356. The molecule has 0 radical (unpaired) electrons. The van der Waals surface area contributed by atoms with E-state index >= 15 is 0 Å². The Labute approximate surface area is 266 Å². The fourth-order valence-electron chi connectivity index (χ4n) is 6.20. The maximum Gasteiger partial charge on any atom is 0.573 e. The van der Waals surface area contributed by atoms with Crippen molar-refractivity contribution >= 4 is 39.4 Å². The molecule has 3 heterocycles. The number of rotatable bonds is 9. The predicted octanol–water partition coefficient (Wildman–Crippen LogP) is 4.41. The van der Waals surface area contributed by atoms with Crippen LogP contribution in [-0.2, 0) is 19.6 Å². The van der Waals surface area contributed by atoms with Gasteiger partial charge in [0.05, 0.1) is 0 Å². The summed E-state index contributed by atoms with van der Waals surface area (Å²) >= 11 is 0. The minimum atomic E-state index is -4.86. The van der Waals surface area contributed by atoms with Crippen LogP contribution in [0.4, 0.5) is 18.9 Å². The lowest BCUT2D eigenvalue weighted by Gasteiger charge is -2.34. The van der Waals surface area contributed by atoms with Crippen LogP contribution in [0.5, 0.6) is 5.75 Å². The first-order valence-electron chi connectivity index (χ1n) is 15.2. The van der Waals surface area contributed by atoms with Gasteiger partial charge in [0.25, 0.3) is 5.91 Å². The van der Waals surface area contributed by atoms with Crippen molar-refractivity contribution in [2.24, 2.45) is 4.99 Å². The minimum Gasteiger partial charge on any atom is -0.406 e. The molecule has 3 aliphatic rings. The van der Waals surface area contributed by atoms with E-state index in [0.29, 0.717) is 19.0 Å². The number of carbonyl (C=O) groups is 2. The lowest BCUT2D eigenvalue weighted by Crippen LogP contribution is -2.50. The smallest absolute Gasteiger partial charge is 0.406 e. The number of anilines is 1. The van der Waals surface area contributed by atoms with E-state index in [1.54, 1.807) is 6.08 Å². The third kappa shape index (κ3) is 7.29. The summed E-state index contributed by atoms with van der Waals surface area (Å²) in [6.45, 7) is 8.65. The van der Waals surface area contributed by atoms with E-state index in [4.69, 9.17) is 0 Å². The third-order valence-electron chi connectivity index (χ3n) is 8.58.